The van der Waals surface area contributed by atoms with Crippen LogP contribution in [0.3, 0.4) is 0 Å². The summed E-state index contributed by atoms with van der Waals surface area (Å²) < 4.78 is 22.2. The molecule has 0 unspecified atom stereocenters. The topological polar surface area (TPSA) is 115 Å². The van der Waals surface area contributed by atoms with E-state index in [1.54, 1.807) is 0 Å². The van der Waals surface area contributed by atoms with Crippen molar-refractivity contribution >= 4 is 15.2 Å². The Labute approximate surface area is 139 Å². The molecule has 0 saturated carbocycles. The zero-order valence-electron chi connectivity index (χ0n) is 14.2. The molecule has 6 nitrogen and oxygen atoms in total. The molecule has 0 heterocycles. The highest BCUT2D eigenvalue weighted by molar-refractivity contribution is 7.70. The molecule has 4 N–H and O–H groups in total. The predicted molar refractivity (Wildman–Crippen MR) is 93.4 cm³/mol. The van der Waals surface area contributed by atoms with Crippen LogP contribution in [0.15, 0.2) is 23.3 Å². The van der Waals surface area contributed by atoms with Gasteiger partial charge in [-0.1, -0.05) is 36.1 Å². The van der Waals surface area contributed by atoms with Gasteiger partial charge in [-0.15, -0.1) is 0 Å². The molecule has 0 rings (SSSR count). The molecule has 0 aliphatic carbocycles. The van der Waals surface area contributed by atoms with Crippen LogP contribution in [0.2, 0.25) is 0 Å². The fraction of sp³-hybridized carbons (Fsp3) is 0.733. The van der Waals surface area contributed by atoms with E-state index < -0.39 is 20.6 Å². The predicted octanol–water partition coefficient (Wildman–Crippen LogP) is 4.31. The Balaban J connectivity index is 4.06. The monoisotopic (exact) mass is 368 g/mol. The molecule has 0 saturated heterocycles. The largest absolute Gasteiger partial charge is 0.340 e. The van der Waals surface area contributed by atoms with Crippen molar-refractivity contribution in [2.75, 3.05) is 0 Å². The van der Waals surface area contributed by atoms with Crippen LogP contribution in [0.1, 0.15) is 65.7 Å². The molecular formula is C15H30O6P2. The molecule has 0 atom stereocenters. The first kappa shape index (κ1) is 22.8. The molecule has 0 bridgehead atoms. The number of rotatable bonds is 11. The van der Waals surface area contributed by atoms with E-state index in [2.05, 4.69) is 32.9 Å². The SMILES string of the molecule is CC(C)=CCCC(C)=CCCCCCC(P(=O)(O)O)P(=O)(O)O. The molecule has 136 valence electrons. The van der Waals surface area contributed by atoms with Gasteiger partial charge in [-0.3, -0.25) is 9.13 Å². The van der Waals surface area contributed by atoms with E-state index in [9.17, 15) is 9.13 Å². The van der Waals surface area contributed by atoms with Gasteiger partial charge in [0.05, 0.1) is 0 Å². The van der Waals surface area contributed by atoms with Gasteiger partial charge in [-0.2, -0.15) is 0 Å². The first-order valence-corrected chi connectivity index (χ1v) is 11.2. The summed E-state index contributed by atoms with van der Waals surface area (Å²) in [5.74, 6) is 0. The molecule has 0 amide bonds. The molecule has 8 heteroatoms. The maximum Gasteiger partial charge on any atom is 0.340 e. The number of allylic oxidation sites excluding steroid dienone is 4. The molecule has 0 radical (unpaired) electrons. The van der Waals surface area contributed by atoms with Crippen molar-refractivity contribution in [3.8, 4) is 0 Å². The van der Waals surface area contributed by atoms with Crippen LogP contribution in [-0.4, -0.2) is 25.0 Å². The summed E-state index contributed by atoms with van der Waals surface area (Å²) in [4.78, 5) is 36.1. The second kappa shape index (κ2) is 10.6. The second-order valence-electron chi connectivity index (χ2n) is 6.17. The molecule has 0 fully saturated rings. The Morgan fingerprint density at radius 2 is 1.43 bits per heavy atom. The van der Waals surface area contributed by atoms with E-state index >= 15 is 0 Å². The van der Waals surface area contributed by atoms with Gasteiger partial charge in [0.2, 0.25) is 0 Å². The lowest BCUT2D eigenvalue weighted by atomic mass is 10.1. The van der Waals surface area contributed by atoms with Crippen molar-refractivity contribution in [2.45, 2.75) is 71.1 Å². The number of hydrogen-bond acceptors (Lipinski definition) is 2. The normalized spacial score (nSPS) is 13.5. The molecule has 0 aromatic heterocycles. The maximum atomic E-state index is 11.1. The third kappa shape index (κ3) is 11.9. The lowest BCUT2D eigenvalue weighted by molar-refractivity contribution is 0.333. The average Bonchev–Trinajstić information content (AvgIpc) is 2.33. The van der Waals surface area contributed by atoms with Crippen LogP contribution in [0.5, 0.6) is 0 Å². The fourth-order valence-electron chi connectivity index (χ4n) is 2.22. The first-order valence-electron chi connectivity index (χ1n) is 7.84. The molecule has 0 aliphatic heterocycles. The maximum absolute atomic E-state index is 11.1. The number of hydrogen-bond donors (Lipinski definition) is 4. The summed E-state index contributed by atoms with van der Waals surface area (Å²) >= 11 is 0. The summed E-state index contributed by atoms with van der Waals surface area (Å²) in [6.45, 7) is 6.22. The van der Waals surface area contributed by atoms with Gasteiger partial charge in [0.25, 0.3) is 0 Å². The van der Waals surface area contributed by atoms with Gasteiger partial charge in [-0.05, 0) is 52.9 Å². The average molecular weight is 368 g/mol. The van der Waals surface area contributed by atoms with Gasteiger partial charge in [0.1, 0.15) is 0 Å². The highest BCUT2D eigenvalue weighted by Gasteiger charge is 2.42. The van der Waals surface area contributed by atoms with E-state index in [1.807, 2.05) is 0 Å². The van der Waals surface area contributed by atoms with Gasteiger partial charge < -0.3 is 19.6 Å². The Morgan fingerprint density at radius 3 is 1.91 bits per heavy atom. The molecule has 0 aliphatic rings. The van der Waals surface area contributed by atoms with E-state index in [0.29, 0.717) is 12.8 Å². The van der Waals surface area contributed by atoms with Crippen molar-refractivity contribution < 1.29 is 28.7 Å². The van der Waals surface area contributed by atoms with Crippen LogP contribution < -0.4 is 0 Å². The van der Waals surface area contributed by atoms with Gasteiger partial charge in [0, 0.05) is 0 Å². The zero-order valence-corrected chi connectivity index (χ0v) is 16.0. The minimum Gasteiger partial charge on any atom is -0.324 e. The summed E-state index contributed by atoms with van der Waals surface area (Å²) in [5.41, 5.74) is 2.62. The summed E-state index contributed by atoms with van der Waals surface area (Å²) in [6.07, 6.45) is 9.04. The molecular weight excluding hydrogens is 338 g/mol. The van der Waals surface area contributed by atoms with Crippen LogP contribution in [0.4, 0.5) is 0 Å². The fourth-order valence-corrected chi connectivity index (χ4v) is 4.82. The Hall–Kier alpha value is -0.220. The minimum absolute atomic E-state index is 0.155. The van der Waals surface area contributed by atoms with Gasteiger partial charge in [-0.25, -0.2) is 0 Å². The van der Waals surface area contributed by atoms with Gasteiger partial charge >= 0.3 is 15.2 Å². The quantitative estimate of drug-likeness (QED) is 0.245. The third-order valence-electron chi connectivity index (χ3n) is 3.53. The van der Waals surface area contributed by atoms with Crippen molar-refractivity contribution in [1.29, 1.82) is 0 Å². The third-order valence-corrected chi connectivity index (χ3v) is 7.40. The van der Waals surface area contributed by atoms with Crippen LogP contribution in [0, 0.1) is 0 Å². The molecule has 23 heavy (non-hydrogen) atoms. The first-order chi connectivity index (χ1) is 10.4. The van der Waals surface area contributed by atoms with E-state index in [0.717, 1.165) is 25.7 Å². The molecule has 0 spiro atoms. The highest BCUT2D eigenvalue weighted by Crippen LogP contribution is 2.61. The van der Waals surface area contributed by atoms with Crippen molar-refractivity contribution in [3.63, 3.8) is 0 Å². The van der Waals surface area contributed by atoms with Crippen LogP contribution in [0.25, 0.3) is 0 Å². The Kier molecular flexibility index (Phi) is 10.5. The summed E-state index contributed by atoms with van der Waals surface area (Å²) in [5, 5.41) is -1.86. The number of unbranched alkanes of at least 4 members (excludes halogenated alkanes) is 3. The lowest BCUT2D eigenvalue weighted by Crippen LogP contribution is -2.09. The Morgan fingerprint density at radius 1 is 0.870 bits per heavy atom. The standard InChI is InChI=1S/C15H30O6P2/c1-13(2)9-8-11-14(3)10-6-4-5-7-12-15(22(16,17)18)23(19,20)21/h9-10,15H,4-8,11-12H2,1-3H3,(H2,16,17,18)(H2,19,20,21). The van der Waals surface area contributed by atoms with Crippen molar-refractivity contribution in [3.05, 3.63) is 23.3 Å². The van der Waals surface area contributed by atoms with Crippen molar-refractivity contribution in [2.24, 2.45) is 0 Å². The smallest absolute Gasteiger partial charge is 0.324 e. The molecule has 0 aromatic carbocycles. The van der Waals surface area contributed by atoms with Gasteiger partial charge in [0.15, 0.2) is 5.40 Å². The Bertz CT molecular complexity index is 474. The van der Waals surface area contributed by atoms with Crippen LogP contribution >= 0.6 is 15.2 Å². The summed E-state index contributed by atoms with van der Waals surface area (Å²) in [7, 11) is -9.54. The van der Waals surface area contributed by atoms with Crippen LogP contribution in [-0.2, 0) is 9.13 Å². The van der Waals surface area contributed by atoms with E-state index in [4.69, 9.17) is 19.6 Å². The van der Waals surface area contributed by atoms with E-state index in [-0.39, 0.29) is 6.42 Å². The summed E-state index contributed by atoms with van der Waals surface area (Å²) in [6, 6.07) is 0. The highest BCUT2D eigenvalue weighted by atomic mass is 31.2. The van der Waals surface area contributed by atoms with E-state index in [1.165, 1.54) is 11.1 Å². The lowest BCUT2D eigenvalue weighted by Gasteiger charge is -2.19. The second-order valence-corrected chi connectivity index (χ2v) is 10.2. The zero-order chi connectivity index (χ0) is 18.1. The minimum atomic E-state index is -4.77. The van der Waals surface area contributed by atoms with Crippen molar-refractivity contribution in [1.82, 2.24) is 0 Å². The molecule has 0 aromatic rings.